The molecule has 2 heteroatoms. The molecule has 14 heavy (non-hydrogen) atoms. The zero-order valence-corrected chi connectivity index (χ0v) is 9.14. The molecule has 74 valence electrons. The van der Waals surface area contributed by atoms with Crippen LogP contribution in [0.4, 0.5) is 0 Å². The van der Waals surface area contributed by atoms with Crippen LogP contribution in [0.15, 0.2) is 30.9 Å². The maximum absolute atomic E-state index is 11.5. The molecule has 0 heterocycles. The van der Waals surface area contributed by atoms with Gasteiger partial charge in [0, 0.05) is 10.6 Å². The zero-order chi connectivity index (χ0) is 10.7. The summed E-state index contributed by atoms with van der Waals surface area (Å²) in [7, 11) is 0. The summed E-state index contributed by atoms with van der Waals surface area (Å²) in [5, 5.41) is 0.661. The van der Waals surface area contributed by atoms with Gasteiger partial charge in [0.2, 0.25) is 0 Å². The molecule has 0 N–H and O–H groups in total. The summed E-state index contributed by atoms with van der Waals surface area (Å²) in [6.07, 6.45) is 1.33. The Labute approximate surface area is 89.4 Å². The molecule has 1 aromatic rings. The molecule has 1 nitrogen and oxygen atoms in total. The molecule has 1 aromatic carbocycles. The Balaban J connectivity index is 3.28. The Bertz CT molecular complexity index is 367. The van der Waals surface area contributed by atoms with Crippen molar-refractivity contribution in [1.29, 1.82) is 0 Å². The van der Waals surface area contributed by atoms with E-state index in [0.29, 0.717) is 10.6 Å². The van der Waals surface area contributed by atoms with Gasteiger partial charge < -0.3 is 0 Å². The molecule has 0 unspecified atom stereocenters. The van der Waals surface area contributed by atoms with Crippen LogP contribution in [0.5, 0.6) is 0 Å². The summed E-state index contributed by atoms with van der Waals surface area (Å²) >= 11 is 5.87. The normalized spacial score (nSPS) is 10.3. The third kappa shape index (κ3) is 2.24. The average molecular weight is 209 g/mol. The van der Waals surface area contributed by atoms with Crippen molar-refractivity contribution >= 4 is 17.4 Å². The van der Waals surface area contributed by atoms with Gasteiger partial charge in [-0.3, -0.25) is 4.79 Å². The Hall–Kier alpha value is -1.08. The summed E-state index contributed by atoms with van der Waals surface area (Å²) in [4.78, 5) is 11.5. The summed E-state index contributed by atoms with van der Waals surface area (Å²) in [6.45, 7) is 7.54. The van der Waals surface area contributed by atoms with Crippen LogP contribution in [-0.4, -0.2) is 5.78 Å². The van der Waals surface area contributed by atoms with Crippen molar-refractivity contribution in [3.05, 3.63) is 47.0 Å². The van der Waals surface area contributed by atoms with E-state index < -0.39 is 0 Å². The standard InChI is InChI=1S/C12H13ClO/c1-4-12(14)10-6-5-9(13)7-11(10)8(2)3/h4-8H,1H2,2-3H3. The topological polar surface area (TPSA) is 17.1 Å². The van der Waals surface area contributed by atoms with Gasteiger partial charge in [0.05, 0.1) is 0 Å². The lowest BCUT2D eigenvalue weighted by molar-refractivity contribution is 0.104. The fourth-order valence-electron chi connectivity index (χ4n) is 1.35. The summed E-state index contributed by atoms with van der Waals surface area (Å²) < 4.78 is 0. The maximum atomic E-state index is 11.5. The van der Waals surface area contributed by atoms with E-state index in [9.17, 15) is 4.79 Å². The SMILES string of the molecule is C=CC(=O)c1ccc(Cl)cc1C(C)C. The Morgan fingerprint density at radius 2 is 2.14 bits per heavy atom. The number of benzene rings is 1. The van der Waals surface area contributed by atoms with Crippen LogP contribution < -0.4 is 0 Å². The molecule has 1 rings (SSSR count). The molecule has 0 aliphatic carbocycles. The van der Waals surface area contributed by atoms with E-state index in [-0.39, 0.29) is 11.7 Å². The Kier molecular flexibility index (Phi) is 3.48. The fourth-order valence-corrected chi connectivity index (χ4v) is 1.53. The molecule has 0 bridgehead atoms. The largest absolute Gasteiger partial charge is 0.289 e. The van der Waals surface area contributed by atoms with Crippen molar-refractivity contribution in [3.8, 4) is 0 Å². The molecule has 0 radical (unpaired) electrons. The number of ketones is 1. The smallest absolute Gasteiger partial charge is 0.185 e. The molecule has 0 amide bonds. The van der Waals surface area contributed by atoms with Crippen molar-refractivity contribution in [2.24, 2.45) is 0 Å². The van der Waals surface area contributed by atoms with Gasteiger partial charge in [0.1, 0.15) is 0 Å². The van der Waals surface area contributed by atoms with E-state index in [1.807, 2.05) is 19.9 Å². The molecule has 0 saturated heterocycles. The van der Waals surface area contributed by atoms with Crippen LogP contribution in [-0.2, 0) is 0 Å². The second-order valence-corrected chi connectivity index (χ2v) is 3.89. The van der Waals surface area contributed by atoms with Gasteiger partial charge >= 0.3 is 0 Å². The van der Waals surface area contributed by atoms with Gasteiger partial charge in [0.25, 0.3) is 0 Å². The third-order valence-electron chi connectivity index (χ3n) is 2.09. The fraction of sp³-hybridized carbons (Fsp3) is 0.250. The van der Waals surface area contributed by atoms with Crippen LogP contribution in [0.2, 0.25) is 5.02 Å². The van der Waals surface area contributed by atoms with E-state index in [1.54, 1.807) is 12.1 Å². The second-order valence-electron chi connectivity index (χ2n) is 3.45. The number of hydrogen-bond acceptors (Lipinski definition) is 1. The first kappa shape index (κ1) is 11.0. The number of allylic oxidation sites excluding steroid dienone is 1. The molecule has 0 atom stereocenters. The summed E-state index contributed by atoms with van der Waals surface area (Å²) in [6, 6.07) is 5.31. The lowest BCUT2D eigenvalue weighted by atomic mass is 9.95. The van der Waals surface area contributed by atoms with Gasteiger partial charge in [0.15, 0.2) is 5.78 Å². The number of rotatable bonds is 3. The average Bonchev–Trinajstić information content (AvgIpc) is 2.16. The van der Waals surface area contributed by atoms with Crippen LogP contribution in [0.1, 0.15) is 35.7 Å². The highest BCUT2D eigenvalue weighted by Gasteiger charge is 2.11. The van der Waals surface area contributed by atoms with E-state index in [1.165, 1.54) is 6.08 Å². The monoisotopic (exact) mass is 208 g/mol. The molecular weight excluding hydrogens is 196 g/mol. The van der Waals surface area contributed by atoms with Crippen LogP contribution in [0.3, 0.4) is 0 Å². The molecule has 0 fully saturated rings. The highest BCUT2D eigenvalue weighted by atomic mass is 35.5. The number of halogens is 1. The Morgan fingerprint density at radius 3 is 2.64 bits per heavy atom. The third-order valence-corrected chi connectivity index (χ3v) is 2.32. The molecule has 0 aromatic heterocycles. The van der Waals surface area contributed by atoms with Gasteiger partial charge in [-0.25, -0.2) is 0 Å². The predicted octanol–water partition coefficient (Wildman–Crippen LogP) is 3.83. The van der Waals surface area contributed by atoms with Gasteiger partial charge in [-0.05, 0) is 35.8 Å². The predicted molar refractivity (Wildman–Crippen MR) is 60.1 cm³/mol. The van der Waals surface area contributed by atoms with E-state index in [2.05, 4.69) is 6.58 Å². The van der Waals surface area contributed by atoms with Crippen molar-refractivity contribution in [1.82, 2.24) is 0 Å². The van der Waals surface area contributed by atoms with Gasteiger partial charge in [-0.15, -0.1) is 0 Å². The van der Waals surface area contributed by atoms with E-state index in [0.717, 1.165) is 5.56 Å². The van der Waals surface area contributed by atoms with Crippen LogP contribution in [0, 0.1) is 0 Å². The summed E-state index contributed by atoms with van der Waals surface area (Å²) in [5.74, 6) is 0.234. The molecule has 0 aliphatic heterocycles. The quantitative estimate of drug-likeness (QED) is 0.545. The first-order valence-electron chi connectivity index (χ1n) is 4.52. The minimum Gasteiger partial charge on any atom is -0.289 e. The van der Waals surface area contributed by atoms with E-state index >= 15 is 0 Å². The van der Waals surface area contributed by atoms with Crippen LogP contribution in [0.25, 0.3) is 0 Å². The highest BCUT2D eigenvalue weighted by molar-refractivity contribution is 6.30. The highest BCUT2D eigenvalue weighted by Crippen LogP contribution is 2.23. The first-order chi connectivity index (χ1) is 6.56. The molecule has 0 spiro atoms. The first-order valence-corrected chi connectivity index (χ1v) is 4.90. The van der Waals surface area contributed by atoms with Crippen molar-refractivity contribution in [2.75, 3.05) is 0 Å². The van der Waals surface area contributed by atoms with Crippen molar-refractivity contribution in [3.63, 3.8) is 0 Å². The van der Waals surface area contributed by atoms with Crippen molar-refractivity contribution in [2.45, 2.75) is 19.8 Å². The maximum Gasteiger partial charge on any atom is 0.185 e. The van der Waals surface area contributed by atoms with Gasteiger partial charge in [-0.1, -0.05) is 32.0 Å². The number of carbonyl (C=O) groups is 1. The number of carbonyl (C=O) groups excluding carboxylic acids is 1. The zero-order valence-electron chi connectivity index (χ0n) is 8.38. The number of hydrogen-bond donors (Lipinski definition) is 0. The molecular formula is C12H13ClO. The molecule has 0 saturated carbocycles. The Morgan fingerprint density at radius 1 is 1.50 bits per heavy atom. The minimum absolute atomic E-state index is 0.0506. The molecule has 0 aliphatic rings. The van der Waals surface area contributed by atoms with Crippen LogP contribution >= 0.6 is 11.6 Å². The lowest BCUT2D eigenvalue weighted by Crippen LogP contribution is -2.01. The lowest BCUT2D eigenvalue weighted by Gasteiger charge is -2.10. The van der Waals surface area contributed by atoms with Crippen molar-refractivity contribution < 1.29 is 4.79 Å². The van der Waals surface area contributed by atoms with E-state index in [4.69, 9.17) is 11.6 Å². The second kappa shape index (κ2) is 4.43. The summed E-state index contributed by atoms with van der Waals surface area (Å²) in [5.41, 5.74) is 1.67. The minimum atomic E-state index is -0.0506. The van der Waals surface area contributed by atoms with Gasteiger partial charge in [-0.2, -0.15) is 0 Å².